The van der Waals surface area contributed by atoms with E-state index >= 15 is 0 Å². The van der Waals surface area contributed by atoms with Gasteiger partial charge in [0.15, 0.2) is 0 Å². The smallest absolute Gasteiger partial charge is 0.0445 e. The molecule has 0 saturated carbocycles. The van der Waals surface area contributed by atoms with Crippen molar-refractivity contribution < 1.29 is 0 Å². The molecule has 0 spiro atoms. The van der Waals surface area contributed by atoms with E-state index in [1.54, 1.807) is 0 Å². The summed E-state index contributed by atoms with van der Waals surface area (Å²) in [5, 5.41) is 5.85. The molecule has 3 heteroatoms. The van der Waals surface area contributed by atoms with E-state index < -0.39 is 0 Å². The molecule has 0 radical (unpaired) electrons. The highest BCUT2D eigenvalue weighted by Gasteiger charge is 2.18. The van der Waals surface area contributed by atoms with E-state index in [2.05, 4.69) is 18.3 Å². The number of hydrogen-bond acceptors (Lipinski definition) is 2. The number of benzene rings is 1. The number of rotatable bonds is 1. The van der Waals surface area contributed by atoms with Gasteiger partial charge >= 0.3 is 0 Å². The number of thiophene rings is 1. The van der Waals surface area contributed by atoms with E-state index in [-0.39, 0.29) is 0 Å². The second-order valence-electron chi connectivity index (χ2n) is 4.18. The Kier molecular flexibility index (Phi) is 2.66. The standard InChI is InChI=1S/C13H14ClNS/c1-2-11-9-7-15-6-5-8-10(14)3-4-12(16-11)13(8)9/h3-4,15H,2,5-7H2,1H3. The molecule has 0 aliphatic carbocycles. The third-order valence-electron chi connectivity index (χ3n) is 3.26. The van der Waals surface area contributed by atoms with Crippen LogP contribution >= 0.6 is 22.9 Å². The van der Waals surface area contributed by atoms with Crippen molar-refractivity contribution in [2.75, 3.05) is 6.54 Å². The van der Waals surface area contributed by atoms with Gasteiger partial charge in [-0.3, -0.25) is 0 Å². The van der Waals surface area contributed by atoms with Crippen molar-refractivity contribution >= 4 is 33.0 Å². The zero-order valence-corrected chi connectivity index (χ0v) is 10.8. The summed E-state index contributed by atoms with van der Waals surface area (Å²) in [6, 6.07) is 4.21. The molecule has 1 aromatic carbocycles. The van der Waals surface area contributed by atoms with Gasteiger partial charge in [-0.05, 0) is 42.6 Å². The molecule has 3 rings (SSSR count). The summed E-state index contributed by atoms with van der Waals surface area (Å²) in [6.45, 7) is 4.26. The molecule has 0 atom stereocenters. The van der Waals surface area contributed by atoms with Gasteiger partial charge in [-0.2, -0.15) is 0 Å². The molecule has 1 aromatic heterocycles. The largest absolute Gasteiger partial charge is 0.312 e. The first-order chi connectivity index (χ1) is 7.81. The molecule has 2 aromatic rings. The first-order valence-corrected chi connectivity index (χ1v) is 6.93. The zero-order chi connectivity index (χ0) is 11.1. The highest BCUT2D eigenvalue weighted by atomic mass is 35.5. The van der Waals surface area contributed by atoms with E-state index in [1.807, 2.05) is 17.4 Å². The van der Waals surface area contributed by atoms with Gasteiger partial charge in [0.1, 0.15) is 0 Å². The van der Waals surface area contributed by atoms with Crippen LogP contribution in [0.15, 0.2) is 12.1 Å². The minimum Gasteiger partial charge on any atom is -0.312 e. The lowest BCUT2D eigenvalue weighted by Gasteiger charge is -2.03. The Morgan fingerprint density at radius 2 is 2.25 bits per heavy atom. The zero-order valence-electron chi connectivity index (χ0n) is 9.27. The SMILES string of the molecule is CCc1sc2ccc(Cl)c3c2c1CNCC3. The molecule has 0 saturated heterocycles. The Morgan fingerprint density at radius 3 is 3.06 bits per heavy atom. The quantitative estimate of drug-likeness (QED) is 0.814. The topological polar surface area (TPSA) is 12.0 Å². The summed E-state index contributed by atoms with van der Waals surface area (Å²) in [7, 11) is 0. The maximum atomic E-state index is 6.31. The summed E-state index contributed by atoms with van der Waals surface area (Å²) in [5.74, 6) is 0. The van der Waals surface area contributed by atoms with E-state index in [0.717, 1.165) is 31.0 Å². The molecular weight excluding hydrogens is 238 g/mol. The molecule has 0 bridgehead atoms. The molecule has 2 heterocycles. The van der Waals surface area contributed by atoms with Gasteiger partial charge in [-0.1, -0.05) is 18.5 Å². The van der Waals surface area contributed by atoms with Gasteiger partial charge < -0.3 is 5.32 Å². The Hall–Kier alpha value is -0.570. The van der Waals surface area contributed by atoms with Crippen molar-refractivity contribution in [1.82, 2.24) is 5.32 Å². The molecule has 84 valence electrons. The van der Waals surface area contributed by atoms with Crippen LogP contribution in [0.4, 0.5) is 0 Å². The second-order valence-corrected chi connectivity index (χ2v) is 5.73. The first kappa shape index (κ1) is 10.6. The molecule has 0 fully saturated rings. The van der Waals surface area contributed by atoms with E-state index in [1.165, 1.54) is 26.1 Å². The second kappa shape index (κ2) is 4.02. The summed E-state index contributed by atoms with van der Waals surface area (Å²) < 4.78 is 1.40. The van der Waals surface area contributed by atoms with Crippen LogP contribution in [-0.2, 0) is 19.4 Å². The van der Waals surface area contributed by atoms with Crippen LogP contribution < -0.4 is 5.32 Å². The average Bonchev–Trinajstić information content (AvgIpc) is 2.49. The normalized spacial score (nSPS) is 15.4. The molecule has 1 aliphatic rings. The molecule has 16 heavy (non-hydrogen) atoms. The number of halogens is 1. The summed E-state index contributed by atoms with van der Waals surface area (Å²) in [5.41, 5.74) is 2.83. The predicted molar refractivity (Wildman–Crippen MR) is 71.6 cm³/mol. The van der Waals surface area contributed by atoms with E-state index in [9.17, 15) is 0 Å². The van der Waals surface area contributed by atoms with E-state index in [0.29, 0.717) is 0 Å². The molecular formula is C13H14ClNS. The lowest BCUT2D eigenvalue weighted by Crippen LogP contribution is -2.14. The van der Waals surface area contributed by atoms with Crippen molar-refractivity contribution in [3.05, 3.63) is 33.2 Å². The summed E-state index contributed by atoms with van der Waals surface area (Å²) in [4.78, 5) is 1.51. The Labute approximate surface area is 104 Å². The van der Waals surface area contributed by atoms with Crippen molar-refractivity contribution in [3.8, 4) is 0 Å². The Morgan fingerprint density at radius 1 is 1.38 bits per heavy atom. The van der Waals surface area contributed by atoms with Gasteiger partial charge in [0.2, 0.25) is 0 Å². The predicted octanol–water partition coefficient (Wildman–Crippen LogP) is 3.76. The van der Waals surface area contributed by atoms with Crippen molar-refractivity contribution in [3.63, 3.8) is 0 Å². The fourth-order valence-electron chi connectivity index (χ4n) is 2.49. The number of nitrogens with one attached hydrogen (secondary N) is 1. The lowest BCUT2D eigenvalue weighted by molar-refractivity contribution is 0.700. The average molecular weight is 252 g/mol. The minimum absolute atomic E-state index is 0.929. The van der Waals surface area contributed by atoms with Crippen LogP contribution in [0.2, 0.25) is 5.02 Å². The van der Waals surface area contributed by atoms with Crippen LogP contribution in [0.1, 0.15) is 22.9 Å². The molecule has 0 amide bonds. The van der Waals surface area contributed by atoms with Crippen LogP contribution in [0.3, 0.4) is 0 Å². The van der Waals surface area contributed by atoms with Gasteiger partial charge in [0, 0.05) is 26.5 Å². The Balaban J connectivity index is 2.39. The maximum Gasteiger partial charge on any atom is 0.0445 e. The van der Waals surface area contributed by atoms with Crippen LogP contribution in [0, 0.1) is 0 Å². The van der Waals surface area contributed by atoms with Gasteiger partial charge in [0.05, 0.1) is 0 Å². The summed E-state index contributed by atoms with van der Waals surface area (Å²) >= 11 is 8.23. The van der Waals surface area contributed by atoms with Crippen LogP contribution in [0.5, 0.6) is 0 Å². The molecule has 1 nitrogen and oxygen atoms in total. The van der Waals surface area contributed by atoms with Crippen molar-refractivity contribution in [2.45, 2.75) is 26.3 Å². The first-order valence-electron chi connectivity index (χ1n) is 5.73. The third-order valence-corrected chi connectivity index (χ3v) is 4.96. The van der Waals surface area contributed by atoms with Gasteiger partial charge in [0.25, 0.3) is 0 Å². The lowest BCUT2D eigenvalue weighted by atomic mass is 10.0. The number of hydrogen-bond donors (Lipinski definition) is 1. The fourth-order valence-corrected chi connectivity index (χ4v) is 3.94. The highest BCUT2D eigenvalue weighted by molar-refractivity contribution is 7.19. The highest BCUT2D eigenvalue weighted by Crippen LogP contribution is 2.38. The van der Waals surface area contributed by atoms with E-state index in [4.69, 9.17) is 11.6 Å². The Bertz CT molecular complexity index is 544. The van der Waals surface area contributed by atoms with Crippen molar-refractivity contribution in [2.24, 2.45) is 0 Å². The van der Waals surface area contributed by atoms with Gasteiger partial charge in [-0.25, -0.2) is 0 Å². The monoisotopic (exact) mass is 251 g/mol. The molecule has 1 aliphatic heterocycles. The minimum atomic E-state index is 0.929. The summed E-state index contributed by atoms with van der Waals surface area (Å²) in [6.07, 6.45) is 2.16. The van der Waals surface area contributed by atoms with Crippen molar-refractivity contribution in [1.29, 1.82) is 0 Å². The van der Waals surface area contributed by atoms with Crippen LogP contribution in [0.25, 0.3) is 10.1 Å². The number of aryl methyl sites for hydroxylation is 1. The molecule has 1 N–H and O–H groups in total. The van der Waals surface area contributed by atoms with Gasteiger partial charge in [-0.15, -0.1) is 11.3 Å². The maximum absolute atomic E-state index is 6.31. The molecule has 0 unspecified atom stereocenters. The third kappa shape index (κ3) is 1.48. The van der Waals surface area contributed by atoms with Crippen LogP contribution in [-0.4, -0.2) is 6.54 Å². The fraction of sp³-hybridized carbons (Fsp3) is 0.385.